The molecule has 1 spiro atoms. The summed E-state index contributed by atoms with van der Waals surface area (Å²) in [5.74, 6) is -3.64. The lowest BCUT2D eigenvalue weighted by atomic mass is 9.89. The maximum atomic E-state index is 13.4. The van der Waals surface area contributed by atoms with E-state index in [9.17, 15) is 23.2 Å². The maximum absolute atomic E-state index is 13.4. The van der Waals surface area contributed by atoms with Gasteiger partial charge in [-0.1, -0.05) is 29.3 Å². The molecule has 0 saturated carbocycles. The molecule has 1 atom stereocenters. The maximum Gasteiger partial charge on any atom is 0.447 e. The van der Waals surface area contributed by atoms with Crippen molar-refractivity contribution in [3.8, 4) is 11.1 Å². The van der Waals surface area contributed by atoms with Crippen molar-refractivity contribution in [2.75, 3.05) is 26.2 Å². The Morgan fingerprint density at radius 2 is 1.63 bits per heavy atom. The van der Waals surface area contributed by atoms with Gasteiger partial charge < -0.3 is 23.9 Å². The van der Waals surface area contributed by atoms with E-state index in [-0.39, 0.29) is 0 Å². The summed E-state index contributed by atoms with van der Waals surface area (Å²) in [6, 6.07) is 10.7. The fourth-order valence-corrected chi connectivity index (χ4v) is 4.50. The number of amides is 1. The number of carbonyl (C=O) groups is 3. The largest absolute Gasteiger partial charge is 0.447 e. The molecule has 0 aromatic heterocycles. The lowest BCUT2D eigenvalue weighted by Gasteiger charge is -2.40. The van der Waals surface area contributed by atoms with Gasteiger partial charge in [-0.3, -0.25) is 0 Å². The molecule has 3 aliphatic heterocycles. The third-order valence-electron chi connectivity index (χ3n) is 6.37. The molecule has 3 heterocycles. The van der Waals surface area contributed by atoms with E-state index in [1.54, 1.807) is 12.1 Å². The number of likely N-dealkylation sites (tertiary alicyclic amines) is 1. The second kappa shape index (κ2) is 9.23. The SMILES string of the molecule is O=C1OC2N(OC1=O)C(=O)OC21CCN(CCOCc2ccc(-c3cc(F)cc(F)c3)cc2)CC1. The Morgan fingerprint density at radius 1 is 0.943 bits per heavy atom. The molecule has 0 aliphatic carbocycles. The fourth-order valence-electron chi connectivity index (χ4n) is 4.50. The van der Waals surface area contributed by atoms with Gasteiger partial charge >= 0.3 is 18.0 Å². The van der Waals surface area contributed by atoms with E-state index in [1.165, 1.54) is 12.1 Å². The molecular formula is C24H22F2N2O7. The zero-order valence-corrected chi connectivity index (χ0v) is 18.6. The van der Waals surface area contributed by atoms with Gasteiger partial charge in [-0.15, -0.1) is 0 Å². The number of rotatable bonds is 6. The predicted molar refractivity (Wildman–Crippen MR) is 114 cm³/mol. The number of halogens is 2. The molecule has 1 amide bonds. The van der Waals surface area contributed by atoms with E-state index in [4.69, 9.17) is 19.0 Å². The second-order valence-corrected chi connectivity index (χ2v) is 8.64. The normalized spacial score (nSPS) is 21.5. The highest BCUT2D eigenvalue weighted by atomic mass is 19.1. The average molecular weight is 488 g/mol. The van der Waals surface area contributed by atoms with E-state index >= 15 is 0 Å². The van der Waals surface area contributed by atoms with Crippen LogP contribution in [0, 0.1) is 11.6 Å². The van der Waals surface area contributed by atoms with Crippen LogP contribution in [0.15, 0.2) is 42.5 Å². The van der Waals surface area contributed by atoms with E-state index in [1.807, 2.05) is 12.1 Å². The fraction of sp³-hybridized carbons (Fsp3) is 0.375. The Morgan fingerprint density at radius 3 is 2.31 bits per heavy atom. The van der Waals surface area contributed by atoms with Crippen molar-refractivity contribution in [1.29, 1.82) is 0 Å². The molecule has 1 unspecified atom stereocenters. The van der Waals surface area contributed by atoms with Crippen molar-refractivity contribution in [2.45, 2.75) is 31.3 Å². The number of ether oxygens (including phenoxy) is 3. The van der Waals surface area contributed by atoms with Crippen LogP contribution in [0.2, 0.25) is 0 Å². The van der Waals surface area contributed by atoms with Crippen molar-refractivity contribution in [2.24, 2.45) is 0 Å². The highest BCUT2D eigenvalue weighted by Crippen LogP contribution is 2.40. The number of benzene rings is 2. The minimum Gasteiger partial charge on any atom is -0.434 e. The van der Waals surface area contributed by atoms with Gasteiger partial charge in [0.2, 0.25) is 0 Å². The second-order valence-electron chi connectivity index (χ2n) is 8.64. The summed E-state index contributed by atoms with van der Waals surface area (Å²) in [5.41, 5.74) is 1.06. The van der Waals surface area contributed by atoms with E-state index in [0.717, 1.165) is 11.6 Å². The van der Waals surface area contributed by atoms with Gasteiger partial charge in [-0.2, -0.15) is 0 Å². The molecule has 0 bridgehead atoms. The summed E-state index contributed by atoms with van der Waals surface area (Å²) in [5, 5.41) is 0.693. The Kier molecular flexibility index (Phi) is 6.12. The van der Waals surface area contributed by atoms with Crippen molar-refractivity contribution < 1.29 is 42.2 Å². The molecule has 2 aromatic rings. The number of hydroxylamine groups is 2. The highest BCUT2D eigenvalue weighted by molar-refractivity contribution is 6.30. The number of nitrogens with zero attached hydrogens (tertiary/aromatic N) is 2. The van der Waals surface area contributed by atoms with Crippen LogP contribution in [-0.2, 0) is 35.2 Å². The van der Waals surface area contributed by atoms with Crippen molar-refractivity contribution >= 4 is 18.0 Å². The summed E-state index contributed by atoms with van der Waals surface area (Å²) in [6.07, 6.45) is -1.11. The van der Waals surface area contributed by atoms with Crippen LogP contribution in [0.25, 0.3) is 11.1 Å². The first-order valence-corrected chi connectivity index (χ1v) is 11.1. The minimum absolute atomic E-state index is 0.380. The van der Waals surface area contributed by atoms with Crippen LogP contribution in [0.3, 0.4) is 0 Å². The van der Waals surface area contributed by atoms with Gasteiger partial charge in [0.1, 0.15) is 11.6 Å². The van der Waals surface area contributed by atoms with E-state index in [0.29, 0.717) is 61.9 Å². The molecule has 5 rings (SSSR count). The van der Waals surface area contributed by atoms with Gasteiger partial charge in [0.05, 0.1) is 13.2 Å². The van der Waals surface area contributed by atoms with Gasteiger partial charge in [0, 0.05) is 38.5 Å². The molecule has 3 saturated heterocycles. The smallest absolute Gasteiger partial charge is 0.434 e. The van der Waals surface area contributed by atoms with E-state index < -0.39 is 41.5 Å². The van der Waals surface area contributed by atoms with Crippen molar-refractivity contribution in [3.05, 3.63) is 59.7 Å². The zero-order valence-electron chi connectivity index (χ0n) is 18.6. The molecule has 2 aromatic carbocycles. The zero-order chi connectivity index (χ0) is 24.6. The standard InChI is InChI=1S/C24H22F2N2O7/c25-18-11-17(12-19(26)13-18)16-3-1-15(2-4-16)14-32-10-9-27-7-5-24(6-8-27)22-28(23(31)34-24)35-21(30)20(29)33-22/h1-4,11-13,22H,5-10,14H2. The number of hydrogen-bond acceptors (Lipinski definition) is 8. The Hall–Kier alpha value is -3.57. The first-order chi connectivity index (χ1) is 16.8. The number of fused-ring (bicyclic) bond motifs is 2. The number of esters is 1. The van der Waals surface area contributed by atoms with Crippen molar-refractivity contribution in [1.82, 2.24) is 9.96 Å². The van der Waals surface area contributed by atoms with Crippen LogP contribution < -0.4 is 0 Å². The third-order valence-corrected chi connectivity index (χ3v) is 6.37. The average Bonchev–Trinajstić information content (AvgIpc) is 3.08. The summed E-state index contributed by atoms with van der Waals surface area (Å²) in [4.78, 5) is 41.9. The summed E-state index contributed by atoms with van der Waals surface area (Å²) >= 11 is 0. The first-order valence-electron chi connectivity index (χ1n) is 11.1. The number of hydrogen-bond donors (Lipinski definition) is 0. The summed E-state index contributed by atoms with van der Waals surface area (Å²) < 4.78 is 43.2. The molecule has 184 valence electrons. The molecule has 35 heavy (non-hydrogen) atoms. The highest BCUT2D eigenvalue weighted by Gasteiger charge is 2.62. The third kappa shape index (κ3) is 4.69. The number of piperidine rings is 1. The molecular weight excluding hydrogens is 466 g/mol. The number of carbonyl (C=O) groups excluding carboxylic acids is 3. The molecule has 3 fully saturated rings. The van der Waals surface area contributed by atoms with Gasteiger partial charge in [-0.25, -0.2) is 23.2 Å². The topological polar surface area (TPSA) is 94.6 Å². The Labute approximate surface area is 199 Å². The first kappa shape index (κ1) is 23.2. The monoisotopic (exact) mass is 488 g/mol. The van der Waals surface area contributed by atoms with Gasteiger partial charge in [-0.05, 0) is 28.8 Å². The quantitative estimate of drug-likeness (QED) is 0.348. The predicted octanol–water partition coefficient (Wildman–Crippen LogP) is 2.78. The van der Waals surface area contributed by atoms with Crippen molar-refractivity contribution in [3.63, 3.8) is 0 Å². The summed E-state index contributed by atoms with van der Waals surface area (Å²) in [7, 11) is 0. The molecule has 3 aliphatic rings. The molecule has 11 heteroatoms. The lowest BCUT2D eigenvalue weighted by molar-refractivity contribution is -0.251. The lowest BCUT2D eigenvalue weighted by Crippen LogP contribution is -2.57. The van der Waals surface area contributed by atoms with Gasteiger partial charge in [0.15, 0.2) is 5.60 Å². The summed E-state index contributed by atoms with van der Waals surface area (Å²) in [6.45, 7) is 2.64. The molecule has 9 nitrogen and oxygen atoms in total. The Bertz CT molecular complexity index is 1130. The van der Waals surface area contributed by atoms with Gasteiger partial charge in [0.25, 0.3) is 6.23 Å². The van der Waals surface area contributed by atoms with Crippen LogP contribution in [0.4, 0.5) is 13.6 Å². The Balaban J connectivity index is 1.08. The molecule has 0 N–H and O–H groups in total. The van der Waals surface area contributed by atoms with E-state index in [2.05, 4.69) is 4.90 Å². The molecule has 0 radical (unpaired) electrons. The van der Waals surface area contributed by atoms with Crippen LogP contribution in [0.1, 0.15) is 18.4 Å². The minimum atomic E-state index is -1.25. The van der Waals surface area contributed by atoms with Crippen LogP contribution in [0.5, 0.6) is 0 Å². The van der Waals surface area contributed by atoms with Crippen LogP contribution >= 0.6 is 0 Å². The van der Waals surface area contributed by atoms with Crippen LogP contribution in [-0.4, -0.2) is 66.1 Å².